The highest BCUT2D eigenvalue weighted by Crippen LogP contribution is 2.26. The molecule has 0 bridgehead atoms. The Morgan fingerprint density at radius 2 is 2.10 bits per heavy atom. The van der Waals surface area contributed by atoms with E-state index in [1.54, 1.807) is 11.3 Å². The van der Waals surface area contributed by atoms with Crippen molar-refractivity contribution in [3.8, 4) is 0 Å². The molecule has 21 heavy (non-hydrogen) atoms. The van der Waals surface area contributed by atoms with Crippen molar-refractivity contribution in [2.75, 3.05) is 6.54 Å². The zero-order valence-corrected chi connectivity index (χ0v) is 14.0. The second-order valence-electron chi connectivity index (χ2n) is 6.44. The van der Waals surface area contributed by atoms with Crippen molar-refractivity contribution in [3.05, 3.63) is 51.5 Å². The summed E-state index contributed by atoms with van der Waals surface area (Å²) in [5, 5.41) is 14.6. The maximum Gasteiger partial charge on any atom is 0.0981 e. The van der Waals surface area contributed by atoms with Gasteiger partial charge in [0.15, 0.2) is 0 Å². The van der Waals surface area contributed by atoms with Gasteiger partial charge in [-0.1, -0.05) is 50.6 Å². The van der Waals surface area contributed by atoms with Crippen LogP contribution in [-0.2, 0) is 12.0 Å². The molecule has 4 heteroatoms. The third-order valence-corrected chi connectivity index (χ3v) is 4.68. The number of nitrogens with one attached hydrogen (secondary N) is 1. The Labute approximate surface area is 131 Å². The predicted molar refractivity (Wildman–Crippen MR) is 88.7 cm³/mol. The molecule has 1 aromatic heterocycles. The Morgan fingerprint density at radius 1 is 1.33 bits per heavy atom. The monoisotopic (exact) mass is 304 g/mol. The lowest BCUT2D eigenvalue weighted by Crippen LogP contribution is -2.20. The van der Waals surface area contributed by atoms with Crippen LogP contribution >= 0.6 is 11.3 Å². The van der Waals surface area contributed by atoms with Crippen LogP contribution in [0.3, 0.4) is 0 Å². The van der Waals surface area contributed by atoms with Crippen LogP contribution in [0.2, 0.25) is 0 Å². The number of hydrogen-bond donors (Lipinski definition) is 2. The van der Waals surface area contributed by atoms with Gasteiger partial charge in [0.2, 0.25) is 0 Å². The van der Waals surface area contributed by atoms with Gasteiger partial charge in [-0.05, 0) is 12.5 Å². The van der Waals surface area contributed by atoms with E-state index in [2.05, 4.69) is 31.1 Å². The summed E-state index contributed by atoms with van der Waals surface area (Å²) in [6.07, 6.45) is 1.46. The van der Waals surface area contributed by atoms with Gasteiger partial charge in [0.25, 0.3) is 0 Å². The average molecular weight is 304 g/mol. The predicted octanol–water partition coefficient (Wildman–Crippen LogP) is 3.57. The van der Waals surface area contributed by atoms with E-state index in [4.69, 9.17) is 0 Å². The summed E-state index contributed by atoms with van der Waals surface area (Å²) in [6.45, 7) is 9.84. The first-order valence-electron chi connectivity index (χ1n) is 7.27. The summed E-state index contributed by atoms with van der Waals surface area (Å²) in [5.41, 5.74) is 2.23. The van der Waals surface area contributed by atoms with Gasteiger partial charge in [-0.3, -0.25) is 0 Å². The quantitative estimate of drug-likeness (QED) is 0.887. The minimum Gasteiger partial charge on any atom is -0.387 e. The normalized spacial score (nSPS) is 13.4. The zero-order valence-electron chi connectivity index (χ0n) is 13.2. The summed E-state index contributed by atoms with van der Waals surface area (Å²) in [4.78, 5) is 5.68. The number of aryl methyl sites for hydroxylation is 1. The van der Waals surface area contributed by atoms with Crippen molar-refractivity contribution < 1.29 is 5.11 Å². The standard InChI is InChI=1S/C17H24N2OS/c1-12-6-5-7-13(8-12)15(20)11-18-9-14-10-19-16(21-14)17(2,3)4/h5-8,10,15,18,20H,9,11H2,1-4H3. The molecule has 1 heterocycles. The summed E-state index contributed by atoms with van der Waals surface area (Å²) in [7, 11) is 0. The number of aromatic nitrogens is 1. The summed E-state index contributed by atoms with van der Waals surface area (Å²) in [6, 6.07) is 8.00. The van der Waals surface area contributed by atoms with E-state index in [-0.39, 0.29) is 5.41 Å². The Kier molecular flexibility index (Phi) is 5.14. The van der Waals surface area contributed by atoms with E-state index in [1.807, 2.05) is 37.4 Å². The minimum atomic E-state index is -0.472. The molecule has 114 valence electrons. The van der Waals surface area contributed by atoms with E-state index < -0.39 is 6.10 Å². The highest BCUT2D eigenvalue weighted by molar-refractivity contribution is 7.11. The van der Waals surface area contributed by atoms with Crippen molar-refractivity contribution in [1.29, 1.82) is 0 Å². The average Bonchev–Trinajstić information content (AvgIpc) is 2.87. The van der Waals surface area contributed by atoms with Crippen LogP contribution in [0.4, 0.5) is 0 Å². The van der Waals surface area contributed by atoms with Crippen LogP contribution < -0.4 is 5.32 Å². The SMILES string of the molecule is Cc1cccc(C(O)CNCc2cnc(C(C)(C)C)s2)c1. The van der Waals surface area contributed by atoms with E-state index in [9.17, 15) is 5.11 Å². The topological polar surface area (TPSA) is 45.1 Å². The molecule has 0 aliphatic heterocycles. The Hall–Kier alpha value is -1.23. The first-order valence-corrected chi connectivity index (χ1v) is 8.08. The van der Waals surface area contributed by atoms with Crippen LogP contribution in [0.5, 0.6) is 0 Å². The highest BCUT2D eigenvalue weighted by Gasteiger charge is 2.17. The van der Waals surface area contributed by atoms with E-state index >= 15 is 0 Å². The van der Waals surface area contributed by atoms with E-state index in [1.165, 1.54) is 10.4 Å². The number of aliphatic hydroxyl groups excluding tert-OH is 1. The first kappa shape index (κ1) is 16.1. The number of rotatable bonds is 5. The van der Waals surface area contributed by atoms with Crippen LogP contribution in [-0.4, -0.2) is 16.6 Å². The van der Waals surface area contributed by atoms with Gasteiger partial charge in [-0.25, -0.2) is 4.98 Å². The van der Waals surface area contributed by atoms with Gasteiger partial charge in [0.05, 0.1) is 11.1 Å². The molecule has 1 aromatic carbocycles. The lowest BCUT2D eigenvalue weighted by molar-refractivity contribution is 0.174. The zero-order chi connectivity index (χ0) is 15.5. The molecule has 1 atom stereocenters. The molecule has 0 amide bonds. The summed E-state index contributed by atoms with van der Waals surface area (Å²) >= 11 is 1.73. The summed E-state index contributed by atoms with van der Waals surface area (Å²) in [5.74, 6) is 0. The molecule has 1 unspecified atom stereocenters. The highest BCUT2D eigenvalue weighted by atomic mass is 32.1. The molecular weight excluding hydrogens is 280 g/mol. The van der Waals surface area contributed by atoms with Crippen LogP contribution in [0.1, 0.15) is 47.9 Å². The van der Waals surface area contributed by atoms with Crippen molar-refractivity contribution in [1.82, 2.24) is 10.3 Å². The maximum atomic E-state index is 10.2. The Bertz CT molecular complexity index is 586. The fraction of sp³-hybridized carbons (Fsp3) is 0.471. The largest absolute Gasteiger partial charge is 0.387 e. The molecule has 2 rings (SSSR count). The second-order valence-corrected chi connectivity index (χ2v) is 7.56. The molecule has 0 spiro atoms. The van der Waals surface area contributed by atoms with Crippen LogP contribution in [0, 0.1) is 6.92 Å². The molecule has 3 nitrogen and oxygen atoms in total. The molecule has 0 aliphatic carbocycles. The van der Waals surface area contributed by atoms with Gasteiger partial charge in [0, 0.05) is 29.6 Å². The van der Waals surface area contributed by atoms with Crippen molar-refractivity contribution in [2.45, 2.75) is 45.8 Å². The Morgan fingerprint density at radius 3 is 2.71 bits per heavy atom. The maximum absolute atomic E-state index is 10.2. The number of thiazole rings is 1. The lowest BCUT2D eigenvalue weighted by Gasteiger charge is -2.14. The minimum absolute atomic E-state index is 0.101. The van der Waals surface area contributed by atoms with Gasteiger partial charge >= 0.3 is 0 Å². The fourth-order valence-electron chi connectivity index (χ4n) is 2.06. The van der Waals surface area contributed by atoms with Crippen LogP contribution in [0.15, 0.2) is 30.5 Å². The third kappa shape index (κ3) is 4.63. The second kappa shape index (κ2) is 6.69. The molecule has 0 saturated heterocycles. The number of hydrogen-bond acceptors (Lipinski definition) is 4. The van der Waals surface area contributed by atoms with Gasteiger partial charge in [0.1, 0.15) is 0 Å². The Balaban J connectivity index is 1.85. The number of benzene rings is 1. The summed E-state index contributed by atoms with van der Waals surface area (Å²) < 4.78 is 0. The van der Waals surface area contributed by atoms with Crippen LogP contribution in [0.25, 0.3) is 0 Å². The van der Waals surface area contributed by atoms with Crippen molar-refractivity contribution in [3.63, 3.8) is 0 Å². The van der Waals surface area contributed by atoms with Gasteiger partial charge in [-0.2, -0.15) is 0 Å². The van der Waals surface area contributed by atoms with Gasteiger partial charge < -0.3 is 10.4 Å². The smallest absolute Gasteiger partial charge is 0.0981 e. The number of aliphatic hydroxyl groups is 1. The van der Waals surface area contributed by atoms with E-state index in [0.717, 1.165) is 17.1 Å². The molecule has 0 saturated carbocycles. The lowest BCUT2D eigenvalue weighted by atomic mass is 9.98. The molecule has 0 aliphatic rings. The van der Waals surface area contributed by atoms with Gasteiger partial charge in [-0.15, -0.1) is 11.3 Å². The van der Waals surface area contributed by atoms with Crippen molar-refractivity contribution in [2.24, 2.45) is 0 Å². The molecule has 0 fully saturated rings. The molecular formula is C17H24N2OS. The number of nitrogens with zero attached hydrogens (tertiary/aromatic N) is 1. The van der Waals surface area contributed by atoms with Crippen molar-refractivity contribution >= 4 is 11.3 Å². The third-order valence-electron chi connectivity index (χ3n) is 3.26. The molecule has 2 aromatic rings. The van der Waals surface area contributed by atoms with E-state index in [0.29, 0.717) is 6.54 Å². The molecule has 2 N–H and O–H groups in total. The first-order chi connectivity index (χ1) is 9.86. The molecule has 0 radical (unpaired) electrons. The fourth-order valence-corrected chi connectivity index (χ4v) is 3.00.